The zero-order valence-electron chi connectivity index (χ0n) is 22.4. The Morgan fingerprint density at radius 2 is 1.24 bits per heavy atom. The van der Waals surface area contributed by atoms with Crippen LogP contribution < -0.4 is 9.80 Å². The summed E-state index contributed by atoms with van der Waals surface area (Å²) in [5.74, 6) is -1.40. The molecule has 13 heteroatoms. The smallest absolute Gasteiger partial charge is 0.288 e. The van der Waals surface area contributed by atoms with E-state index in [-0.39, 0.29) is 32.8 Å². The van der Waals surface area contributed by atoms with Crippen molar-refractivity contribution in [3.8, 4) is 0 Å². The molecule has 0 aromatic heterocycles. The van der Waals surface area contributed by atoms with Crippen molar-refractivity contribution >= 4 is 54.0 Å². The predicted molar refractivity (Wildman–Crippen MR) is 159 cm³/mol. The van der Waals surface area contributed by atoms with Gasteiger partial charge < -0.3 is 9.80 Å². The number of rotatable bonds is 6. The number of nitro benzene ring substituents is 2. The van der Waals surface area contributed by atoms with Gasteiger partial charge in [0.05, 0.1) is 30.0 Å². The van der Waals surface area contributed by atoms with E-state index in [9.17, 15) is 20.2 Å². The predicted octanol–water partition coefficient (Wildman–Crippen LogP) is 8.70. The van der Waals surface area contributed by atoms with Crippen molar-refractivity contribution in [2.75, 3.05) is 22.9 Å². The quantitative estimate of drug-likeness (QED) is 0.155. The number of halogens is 4. The van der Waals surface area contributed by atoms with Gasteiger partial charge in [-0.15, -0.1) is 0 Å². The Kier molecular flexibility index (Phi) is 7.97. The molecule has 2 aliphatic rings. The molecular weight excluding hydrogens is 593 g/mol. The van der Waals surface area contributed by atoms with Gasteiger partial charge >= 0.3 is 0 Å². The highest BCUT2D eigenvalue weighted by atomic mass is 35.5. The van der Waals surface area contributed by atoms with E-state index in [0.717, 1.165) is 12.1 Å². The van der Waals surface area contributed by atoms with E-state index in [0.29, 0.717) is 37.1 Å². The van der Waals surface area contributed by atoms with Crippen LogP contribution in [0.5, 0.6) is 0 Å². The molecule has 3 aromatic carbocycles. The summed E-state index contributed by atoms with van der Waals surface area (Å²) < 4.78 is 31.5. The lowest BCUT2D eigenvalue weighted by Crippen LogP contribution is -2.43. The summed E-state index contributed by atoms with van der Waals surface area (Å²) in [4.78, 5) is 25.6. The van der Waals surface area contributed by atoms with Gasteiger partial charge in [0.2, 0.25) is 0 Å². The summed E-state index contributed by atoms with van der Waals surface area (Å²) in [5, 5.41) is 23.2. The van der Waals surface area contributed by atoms with Crippen LogP contribution in [0.4, 0.5) is 31.5 Å². The Bertz CT molecular complexity index is 1440. The van der Waals surface area contributed by atoms with Crippen molar-refractivity contribution in [2.45, 2.75) is 50.1 Å². The van der Waals surface area contributed by atoms with Crippen LogP contribution in [0.15, 0.2) is 48.5 Å². The van der Waals surface area contributed by atoms with Crippen LogP contribution in [0.3, 0.4) is 0 Å². The minimum absolute atomic E-state index is 0.0256. The summed E-state index contributed by atoms with van der Waals surface area (Å²) >= 11 is 12.1. The zero-order valence-corrected chi connectivity index (χ0v) is 25.0. The maximum Gasteiger partial charge on any atom is 0.288 e. The van der Waals surface area contributed by atoms with Gasteiger partial charge in [-0.1, -0.05) is 48.4 Å². The average molecular weight is 622 g/mol. The van der Waals surface area contributed by atoms with Crippen LogP contribution in [0.2, 0.25) is 35.2 Å². The Balaban J connectivity index is 1.60. The molecule has 0 bridgehead atoms. The Morgan fingerprint density at radius 3 is 1.66 bits per heavy atom. The summed E-state index contributed by atoms with van der Waals surface area (Å²) in [5.41, 5.74) is 0.700. The van der Waals surface area contributed by atoms with Gasteiger partial charge in [-0.2, -0.15) is 0 Å². The second-order valence-corrected chi connectivity index (χ2v) is 17.5. The monoisotopic (exact) mass is 620 g/mol. The van der Waals surface area contributed by atoms with Crippen molar-refractivity contribution in [1.29, 1.82) is 0 Å². The molecule has 2 aliphatic heterocycles. The molecule has 5 rings (SSSR count). The van der Waals surface area contributed by atoms with Crippen molar-refractivity contribution in [3.63, 3.8) is 0 Å². The largest absolute Gasteiger partial charge is 0.367 e. The third-order valence-corrected chi connectivity index (χ3v) is 12.0. The van der Waals surface area contributed by atoms with Crippen LogP contribution in [0.1, 0.15) is 36.1 Å². The van der Waals surface area contributed by atoms with E-state index < -0.39 is 41.6 Å². The number of hydrogen-bond donors (Lipinski definition) is 0. The lowest BCUT2D eigenvalue weighted by molar-refractivity contribution is -0.384. The van der Waals surface area contributed by atoms with E-state index in [4.69, 9.17) is 23.2 Å². The number of anilines is 2. The molecule has 0 amide bonds. The maximum atomic E-state index is 15.7. The molecule has 0 N–H and O–H groups in total. The number of nitrogens with zero attached hydrogens (tertiary/aromatic N) is 4. The maximum absolute atomic E-state index is 15.7. The molecule has 2 atom stereocenters. The fraction of sp³-hybridized carbons (Fsp3) is 0.357. The first kappa shape index (κ1) is 29.2. The van der Waals surface area contributed by atoms with E-state index in [2.05, 4.69) is 13.1 Å². The van der Waals surface area contributed by atoms with E-state index in [1.54, 1.807) is 21.9 Å². The first-order valence-electron chi connectivity index (χ1n) is 13.3. The van der Waals surface area contributed by atoms with Gasteiger partial charge in [-0.25, -0.2) is 8.78 Å². The summed E-state index contributed by atoms with van der Waals surface area (Å²) in [7, 11) is -1.37. The van der Waals surface area contributed by atoms with E-state index >= 15 is 8.78 Å². The van der Waals surface area contributed by atoms with Gasteiger partial charge in [0.1, 0.15) is 15.7 Å². The lowest BCUT2D eigenvalue weighted by atomic mass is 10.0. The third-order valence-electron chi connectivity index (χ3n) is 8.22. The molecule has 2 saturated heterocycles. The fourth-order valence-corrected chi connectivity index (χ4v) is 8.29. The average Bonchev–Trinajstić information content (AvgIpc) is 3.34. The first-order chi connectivity index (χ1) is 19.4. The highest BCUT2D eigenvalue weighted by molar-refractivity contribution is 6.77. The number of benzene rings is 3. The van der Waals surface area contributed by atoms with Crippen LogP contribution in [-0.4, -0.2) is 31.0 Å². The van der Waals surface area contributed by atoms with Gasteiger partial charge in [0.15, 0.2) is 11.6 Å². The minimum atomic E-state index is -1.37. The lowest BCUT2D eigenvalue weighted by Gasteiger charge is -2.38. The van der Waals surface area contributed by atoms with Crippen LogP contribution in [0, 0.1) is 31.9 Å². The normalized spacial score (nSPS) is 20.3. The molecule has 3 aromatic rings. The fourth-order valence-electron chi connectivity index (χ4n) is 5.92. The van der Waals surface area contributed by atoms with Gasteiger partial charge in [-0.05, 0) is 60.3 Å². The number of hydrogen-bond acceptors (Lipinski definition) is 6. The third kappa shape index (κ3) is 5.75. The van der Waals surface area contributed by atoms with Crippen LogP contribution in [-0.2, 0) is 0 Å². The Labute approximate surface area is 246 Å². The topological polar surface area (TPSA) is 92.8 Å². The number of nitro groups is 2. The molecule has 2 heterocycles. The zero-order chi connectivity index (χ0) is 29.6. The summed E-state index contributed by atoms with van der Waals surface area (Å²) in [6.07, 6.45) is 0.938. The molecule has 8 nitrogen and oxygen atoms in total. The second kappa shape index (κ2) is 11.2. The highest BCUT2D eigenvalue weighted by Gasteiger charge is 2.38. The molecule has 0 saturated carbocycles. The van der Waals surface area contributed by atoms with Crippen molar-refractivity contribution < 1.29 is 18.6 Å². The molecule has 0 spiro atoms. The Hall–Kier alpha value is -3.28. The minimum Gasteiger partial charge on any atom is -0.367 e. The van der Waals surface area contributed by atoms with Crippen LogP contribution >= 0.6 is 23.2 Å². The highest BCUT2D eigenvalue weighted by Crippen LogP contribution is 2.49. The van der Waals surface area contributed by atoms with Crippen molar-refractivity contribution in [3.05, 3.63) is 102 Å². The molecule has 0 unspecified atom stereocenters. The molecule has 0 radical (unpaired) electrons. The standard InChI is InChI=1S/C28H28Cl2F2N4O4Si/c1-41(2)11-9-33(10-12-41)28-22(31)15-19(16-23(28)32)34-24(17-3-5-20(29)26(13-17)35(37)38)7-8-25(34)18-4-6-21(30)27(14-18)36(39)40/h3-6,13-16,24-25H,7-12H2,1-2H3/t24-,25-/m0/s1. The molecular formula is C28H28Cl2F2N4O4Si. The van der Waals surface area contributed by atoms with E-state index in [1.807, 2.05) is 0 Å². The SMILES string of the molecule is C[Si]1(C)CCN(c2c(F)cc(N3[C@H](c4ccc(Cl)c([N+](=O)[O-])c4)CC[C@H]3c3ccc(Cl)c([N+](=O)[O-])c3)cc2F)CC1. The molecule has 2 fully saturated rings. The Morgan fingerprint density at radius 1 is 0.805 bits per heavy atom. The molecule has 41 heavy (non-hydrogen) atoms. The summed E-state index contributed by atoms with van der Waals surface area (Å²) in [6.45, 7) is 5.72. The molecule has 0 aliphatic carbocycles. The van der Waals surface area contributed by atoms with E-state index in [1.165, 1.54) is 36.4 Å². The van der Waals surface area contributed by atoms with Gasteiger partial charge in [0.25, 0.3) is 11.4 Å². The van der Waals surface area contributed by atoms with Crippen LogP contribution in [0.25, 0.3) is 0 Å². The second-order valence-electron chi connectivity index (χ2n) is 11.4. The van der Waals surface area contributed by atoms with Gasteiger partial charge in [0, 0.05) is 30.9 Å². The summed E-state index contributed by atoms with van der Waals surface area (Å²) in [6, 6.07) is 12.3. The van der Waals surface area contributed by atoms with Crippen molar-refractivity contribution in [1.82, 2.24) is 0 Å². The molecule has 216 valence electrons. The van der Waals surface area contributed by atoms with Gasteiger partial charge in [-0.3, -0.25) is 20.2 Å². The first-order valence-corrected chi connectivity index (χ1v) is 17.4. The van der Waals surface area contributed by atoms with Crippen molar-refractivity contribution in [2.24, 2.45) is 0 Å².